The standard InChI is InChI=1S/C10H19Cl/c1-5-10(4,11)8-6-7-9(2)3/h7H,5-6,8H2,1-4H3. The van der Waals surface area contributed by atoms with Crippen molar-refractivity contribution >= 4 is 11.6 Å². The fourth-order valence-corrected chi connectivity index (χ4v) is 0.948. The fraction of sp³-hybridized carbons (Fsp3) is 0.800. The van der Waals surface area contributed by atoms with E-state index in [0.29, 0.717) is 0 Å². The Hall–Kier alpha value is 0.0300. The van der Waals surface area contributed by atoms with Crippen LogP contribution in [0.2, 0.25) is 0 Å². The summed E-state index contributed by atoms with van der Waals surface area (Å²) >= 11 is 6.17. The van der Waals surface area contributed by atoms with Crippen molar-refractivity contribution in [3.63, 3.8) is 0 Å². The van der Waals surface area contributed by atoms with Gasteiger partial charge in [0.2, 0.25) is 0 Å². The summed E-state index contributed by atoms with van der Waals surface area (Å²) in [4.78, 5) is 0.00590. The van der Waals surface area contributed by atoms with E-state index in [0.717, 1.165) is 19.3 Å². The maximum absolute atomic E-state index is 6.17. The molecule has 1 heteroatoms. The molecule has 0 heterocycles. The molecule has 0 aromatic heterocycles. The highest BCUT2D eigenvalue weighted by Gasteiger charge is 2.15. The van der Waals surface area contributed by atoms with E-state index in [1.807, 2.05) is 0 Å². The van der Waals surface area contributed by atoms with Crippen LogP contribution in [-0.2, 0) is 0 Å². The van der Waals surface area contributed by atoms with Gasteiger partial charge < -0.3 is 0 Å². The van der Waals surface area contributed by atoms with Crippen LogP contribution in [0.3, 0.4) is 0 Å². The van der Waals surface area contributed by atoms with E-state index in [1.165, 1.54) is 5.57 Å². The van der Waals surface area contributed by atoms with Crippen LogP contribution < -0.4 is 0 Å². The molecule has 0 rings (SSSR count). The molecule has 0 fully saturated rings. The first-order chi connectivity index (χ1) is 4.98. The molecule has 0 aromatic carbocycles. The van der Waals surface area contributed by atoms with Crippen LogP contribution in [0.15, 0.2) is 11.6 Å². The molecular weight excluding hydrogens is 156 g/mol. The van der Waals surface area contributed by atoms with Crippen molar-refractivity contribution in [2.24, 2.45) is 0 Å². The lowest BCUT2D eigenvalue weighted by atomic mass is 10.0. The minimum atomic E-state index is 0.00590. The van der Waals surface area contributed by atoms with E-state index in [4.69, 9.17) is 11.6 Å². The second-order valence-corrected chi connectivity index (χ2v) is 4.50. The van der Waals surface area contributed by atoms with Gasteiger partial charge in [-0.1, -0.05) is 18.6 Å². The number of hydrogen-bond acceptors (Lipinski definition) is 0. The Morgan fingerprint density at radius 3 is 2.36 bits per heavy atom. The van der Waals surface area contributed by atoms with E-state index in [1.54, 1.807) is 0 Å². The second-order valence-electron chi connectivity index (χ2n) is 3.59. The van der Waals surface area contributed by atoms with Crippen LogP contribution in [0.1, 0.15) is 47.0 Å². The first-order valence-corrected chi connectivity index (χ1v) is 4.68. The predicted octanol–water partition coefficient (Wildman–Crippen LogP) is 4.14. The van der Waals surface area contributed by atoms with Crippen molar-refractivity contribution in [3.05, 3.63) is 11.6 Å². The molecule has 0 nitrogen and oxygen atoms in total. The zero-order chi connectivity index (χ0) is 8.91. The van der Waals surface area contributed by atoms with Gasteiger partial charge in [0.25, 0.3) is 0 Å². The van der Waals surface area contributed by atoms with Gasteiger partial charge >= 0.3 is 0 Å². The summed E-state index contributed by atoms with van der Waals surface area (Å²) in [5.74, 6) is 0. The number of hydrogen-bond donors (Lipinski definition) is 0. The van der Waals surface area contributed by atoms with Gasteiger partial charge in [0.15, 0.2) is 0 Å². The molecule has 11 heavy (non-hydrogen) atoms. The first-order valence-electron chi connectivity index (χ1n) is 4.30. The molecule has 0 aliphatic rings. The molecule has 0 aliphatic carbocycles. The van der Waals surface area contributed by atoms with Gasteiger partial charge in [0.05, 0.1) is 0 Å². The Bertz CT molecular complexity index is 130. The van der Waals surface area contributed by atoms with E-state index in [9.17, 15) is 0 Å². The van der Waals surface area contributed by atoms with Crippen molar-refractivity contribution in [1.82, 2.24) is 0 Å². The van der Waals surface area contributed by atoms with Crippen LogP contribution in [0.25, 0.3) is 0 Å². The summed E-state index contributed by atoms with van der Waals surface area (Å²) in [6.45, 7) is 8.48. The lowest BCUT2D eigenvalue weighted by Gasteiger charge is -2.18. The Morgan fingerprint density at radius 1 is 1.45 bits per heavy atom. The quantitative estimate of drug-likeness (QED) is 0.444. The van der Waals surface area contributed by atoms with E-state index >= 15 is 0 Å². The number of alkyl halides is 1. The zero-order valence-corrected chi connectivity index (χ0v) is 8.83. The van der Waals surface area contributed by atoms with Crippen LogP contribution in [0, 0.1) is 0 Å². The molecule has 1 unspecified atom stereocenters. The number of allylic oxidation sites excluding steroid dienone is 2. The summed E-state index contributed by atoms with van der Waals surface area (Å²) in [6, 6.07) is 0. The van der Waals surface area contributed by atoms with Crippen molar-refractivity contribution in [1.29, 1.82) is 0 Å². The third-order valence-corrected chi connectivity index (χ3v) is 2.41. The number of rotatable bonds is 4. The molecule has 66 valence electrons. The first kappa shape index (κ1) is 11.0. The smallest absolute Gasteiger partial charge is 0.0419 e. The Balaban J connectivity index is 3.62. The minimum Gasteiger partial charge on any atom is -0.120 e. The van der Waals surface area contributed by atoms with E-state index in [2.05, 4.69) is 33.8 Å². The molecule has 0 bridgehead atoms. The van der Waals surface area contributed by atoms with Crippen molar-refractivity contribution in [3.8, 4) is 0 Å². The lowest BCUT2D eigenvalue weighted by Crippen LogP contribution is -2.13. The van der Waals surface area contributed by atoms with Gasteiger partial charge in [0, 0.05) is 4.87 Å². The predicted molar refractivity (Wildman–Crippen MR) is 53.2 cm³/mol. The summed E-state index contributed by atoms with van der Waals surface area (Å²) in [5, 5.41) is 0. The average Bonchev–Trinajstić information content (AvgIpc) is 1.87. The molecule has 0 saturated heterocycles. The molecule has 0 radical (unpaired) electrons. The average molecular weight is 175 g/mol. The molecule has 0 spiro atoms. The third-order valence-electron chi connectivity index (χ3n) is 1.96. The van der Waals surface area contributed by atoms with Gasteiger partial charge in [-0.15, -0.1) is 11.6 Å². The Kier molecular flexibility index (Phi) is 4.83. The van der Waals surface area contributed by atoms with Crippen LogP contribution in [0.5, 0.6) is 0 Å². The summed E-state index contributed by atoms with van der Waals surface area (Å²) in [7, 11) is 0. The van der Waals surface area contributed by atoms with Crippen molar-refractivity contribution in [2.45, 2.75) is 51.8 Å². The van der Waals surface area contributed by atoms with Crippen LogP contribution in [-0.4, -0.2) is 4.87 Å². The molecule has 0 aromatic rings. The third kappa shape index (κ3) is 6.43. The maximum Gasteiger partial charge on any atom is 0.0419 e. The van der Waals surface area contributed by atoms with Crippen molar-refractivity contribution in [2.75, 3.05) is 0 Å². The van der Waals surface area contributed by atoms with Crippen LogP contribution in [0.4, 0.5) is 0 Å². The van der Waals surface area contributed by atoms with E-state index < -0.39 is 0 Å². The van der Waals surface area contributed by atoms with Crippen LogP contribution >= 0.6 is 11.6 Å². The lowest BCUT2D eigenvalue weighted by molar-refractivity contribution is 0.562. The van der Waals surface area contributed by atoms with Gasteiger partial charge in [-0.25, -0.2) is 0 Å². The molecule has 0 aliphatic heterocycles. The second kappa shape index (κ2) is 4.82. The molecule has 1 atom stereocenters. The monoisotopic (exact) mass is 174 g/mol. The van der Waals surface area contributed by atoms with Gasteiger partial charge in [-0.2, -0.15) is 0 Å². The fourth-order valence-electron chi connectivity index (χ4n) is 0.839. The number of halogens is 1. The van der Waals surface area contributed by atoms with Gasteiger partial charge in [0.1, 0.15) is 0 Å². The maximum atomic E-state index is 6.17. The Labute approximate surface area is 75.6 Å². The summed E-state index contributed by atoms with van der Waals surface area (Å²) in [6.07, 6.45) is 5.48. The zero-order valence-electron chi connectivity index (χ0n) is 8.08. The minimum absolute atomic E-state index is 0.00590. The van der Waals surface area contributed by atoms with Gasteiger partial charge in [-0.05, 0) is 40.0 Å². The molecular formula is C10H19Cl. The highest BCUT2D eigenvalue weighted by atomic mass is 35.5. The SMILES string of the molecule is CCC(C)(Cl)CCC=C(C)C. The molecule has 0 amide bonds. The van der Waals surface area contributed by atoms with Gasteiger partial charge in [-0.3, -0.25) is 0 Å². The van der Waals surface area contributed by atoms with Crippen molar-refractivity contribution < 1.29 is 0 Å². The topological polar surface area (TPSA) is 0 Å². The largest absolute Gasteiger partial charge is 0.120 e. The molecule has 0 N–H and O–H groups in total. The normalized spacial score (nSPS) is 15.7. The Morgan fingerprint density at radius 2 is 2.00 bits per heavy atom. The van der Waals surface area contributed by atoms with E-state index in [-0.39, 0.29) is 4.87 Å². The summed E-state index contributed by atoms with van der Waals surface area (Å²) < 4.78 is 0. The highest BCUT2D eigenvalue weighted by molar-refractivity contribution is 6.23. The highest BCUT2D eigenvalue weighted by Crippen LogP contribution is 2.24. The summed E-state index contributed by atoms with van der Waals surface area (Å²) in [5.41, 5.74) is 1.38. The molecule has 0 saturated carbocycles.